The molecule has 0 fully saturated rings. The third-order valence-corrected chi connectivity index (χ3v) is 16.0. The van der Waals surface area contributed by atoms with Crippen LogP contribution in [0.4, 0.5) is 52.7 Å². The molecule has 0 unspecified atom stereocenters. The molecule has 6 aromatic rings. The molecule has 0 saturated carbocycles. The van der Waals surface area contributed by atoms with Gasteiger partial charge in [-0.15, -0.1) is 21.9 Å². The highest BCUT2D eigenvalue weighted by molar-refractivity contribution is 7.22. The molecule has 0 aliphatic heterocycles. The zero-order valence-electron chi connectivity index (χ0n) is 33.6. The molecule has 6 rings (SSSR count). The van der Waals surface area contributed by atoms with Gasteiger partial charge in [0.1, 0.15) is 42.6 Å². The SMILES string of the molecule is COCCOc1ccccc1[I+]c1ccccc1OCCOC.Fc1c(F)c(Cl)c(Cl)c([B-](c2c(F)c(F)c(F)c(Cl)c2Cl)(c2c(F)c(F)c(F)c(Cl)c2Cl)c2c(F)c(F)c(F)c(Cl)c2Cl)c1F. The van der Waals surface area contributed by atoms with Crippen LogP contribution in [0, 0.1) is 76.9 Å². The highest BCUT2D eigenvalue weighted by Crippen LogP contribution is 2.40. The van der Waals surface area contributed by atoms with Crippen LogP contribution in [0.1, 0.15) is 0 Å². The zero-order chi connectivity index (χ0) is 50.7. The van der Waals surface area contributed by atoms with Crippen molar-refractivity contribution in [2.24, 2.45) is 0 Å². The summed E-state index contributed by atoms with van der Waals surface area (Å²) in [6, 6.07) is 16.4. The van der Waals surface area contributed by atoms with Crippen LogP contribution in [0.5, 0.6) is 11.5 Å². The van der Waals surface area contributed by atoms with Crippen molar-refractivity contribution in [3.05, 3.63) is 166 Å². The molecule has 0 radical (unpaired) electrons. The van der Waals surface area contributed by atoms with Crippen molar-refractivity contribution in [1.29, 1.82) is 0 Å². The van der Waals surface area contributed by atoms with Gasteiger partial charge in [0.25, 0.3) is 0 Å². The van der Waals surface area contributed by atoms with E-state index in [4.69, 9.17) is 112 Å². The second kappa shape index (κ2) is 23.6. The number of rotatable bonds is 14. The van der Waals surface area contributed by atoms with E-state index in [0.717, 1.165) is 11.5 Å². The van der Waals surface area contributed by atoms with Crippen LogP contribution in [0.2, 0.25) is 40.2 Å². The lowest BCUT2D eigenvalue weighted by Gasteiger charge is -2.46. The summed E-state index contributed by atoms with van der Waals surface area (Å²) in [5.74, 6) is -29.4. The lowest BCUT2D eigenvalue weighted by Crippen LogP contribution is -3.61. The van der Waals surface area contributed by atoms with E-state index >= 15 is 35.1 Å². The summed E-state index contributed by atoms with van der Waals surface area (Å²) in [5.41, 5.74) is -8.47. The first-order valence-corrected chi connectivity index (χ1v) is 23.5. The van der Waals surface area contributed by atoms with E-state index in [-0.39, 0.29) is 0 Å². The summed E-state index contributed by atoms with van der Waals surface area (Å²) in [6.45, 7) is 2.29. The Bertz CT molecular complexity index is 2470. The van der Waals surface area contributed by atoms with Crippen molar-refractivity contribution in [1.82, 2.24) is 0 Å². The fraction of sp³-hybridized carbons (Fsp3) is 0.143. The molecule has 0 heterocycles. The van der Waals surface area contributed by atoms with Gasteiger partial charge in [-0.05, 0) is 24.3 Å². The molecule has 0 aromatic heterocycles. The van der Waals surface area contributed by atoms with Crippen molar-refractivity contribution >= 4 is 121 Å². The molecule has 0 saturated heterocycles. The predicted octanol–water partition coefficient (Wildman–Crippen LogP) is 9.83. The lowest BCUT2D eigenvalue weighted by atomic mass is 9.12. The maximum atomic E-state index is 16.0. The molecule has 68 heavy (non-hydrogen) atoms. The van der Waals surface area contributed by atoms with Gasteiger partial charge < -0.3 is 18.9 Å². The number of benzene rings is 6. The van der Waals surface area contributed by atoms with Crippen LogP contribution in [0.25, 0.3) is 0 Å². The Labute approximate surface area is 428 Å². The molecule has 26 heteroatoms. The van der Waals surface area contributed by atoms with Crippen LogP contribution >= 0.6 is 92.8 Å². The van der Waals surface area contributed by atoms with Crippen molar-refractivity contribution in [2.45, 2.75) is 0 Å². The van der Waals surface area contributed by atoms with Crippen LogP contribution in [0.15, 0.2) is 48.5 Å². The fourth-order valence-electron chi connectivity index (χ4n) is 6.73. The number of hydrogen-bond acceptors (Lipinski definition) is 4. The van der Waals surface area contributed by atoms with Crippen LogP contribution in [-0.4, -0.2) is 46.8 Å². The van der Waals surface area contributed by atoms with Gasteiger partial charge in [-0.2, -0.15) is 0 Å². The maximum Gasteiger partial charge on any atom is 0.366 e. The monoisotopic (exact) mass is 1240 g/mol. The third kappa shape index (κ3) is 10.4. The quantitative estimate of drug-likeness (QED) is 0.0272. The number of methoxy groups -OCH3 is 2. The molecule has 0 aliphatic rings. The summed E-state index contributed by atoms with van der Waals surface area (Å²) in [4.78, 5) is 0. The minimum absolute atomic E-state index is 0.391. The van der Waals surface area contributed by atoms with E-state index in [1.54, 1.807) is 14.2 Å². The minimum atomic E-state index is -5.62. The molecule has 364 valence electrons. The first-order chi connectivity index (χ1) is 32.0. The Kier molecular flexibility index (Phi) is 19.4. The Hall–Kier alpha value is -2.89. The van der Waals surface area contributed by atoms with E-state index in [0.29, 0.717) is 26.4 Å². The second-order valence-corrected chi connectivity index (χ2v) is 19.3. The van der Waals surface area contributed by atoms with Crippen LogP contribution in [0.3, 0.4) is 0 Å². The van der Waals surface area contributed by atoms with Gasteiger partial charge >= 0.3 is 21.2 Å². The van der Waals surface area contributed by atoms with Crippen molar-refractivity contribution in [2.75, 3.05) is 40.6 Å². The lowest BCUT2D eigenvalue weighted by molar-refractivity contribution is -0.599. The Morgan fingerprint density at radius 1 is 0.353 bits per heavy atom. The van der Waals surface area contributed by atoms with Gasteiger partial charge in [-0.25, -0.2) is 52.7 Å². The first kappa shape index (κ1) is 56.0. The molecular formula is C42H22BCl8F12IO4. The largest absolute Gasteiger partial charge is 0.486 e. The van der Waals surface area contributed by atoms with Gasteiger partial charge in [0.05, 0.1) is 33.3 Å². The van der Waals surface area contributed by atoms with E-state index in [2.05, 4.69) is 12.1 Å². The highest BCUT2D eigenvalue weighted by atomic mass is 127. The normalized spacial score (nSPS) is 11.5. The smallest absolute Gasteiger partial charge is 0.366 e. The molecule has 0 amide bonds. The number of ether oxygens (including phenoxy) is 4. The first-order valence-electron chi connectivity index (χ1n) is 18.3. The van der Waals surface area contributed by atoms with Crippen molar-refractivity contribution in [3.8, 4) is 11.5 Å². The molecular weight excluding hydrogens is 1220 g/mol. The summed E-state index contributed by atoms with van der Waals surface area (Å²) in [5, 5.41) is -13.9. The topological polar surface area (TPSA) is 36.9 Å². The maximum absolute atomic E-state index is 16.0. The summed E-state index contributed by atoms with van der Waals surface area (Å²) in [7, 11) is 3.35. The highest BCUT2D eigenvalue weighted by Gasteiger charge is 2.50. The van der Waals surface area contributed by atoms with Gasteiger partial charge in [0.2, 0.25) is 7.14 Å². The molecule has 0 N–H and O–H groups in total. The molecule has 0 bridgehead atoms. The molecule has 0 aliphatic carbocycles. The standard InChI is InChI=1S/C24BCl8F12.C18H22IO4/c26-5-1(13(34)21(42)17(38)9(5)30)25(2-6(27)10(31)18(39)22(43)14(2)35,3-7(28)11(32)19(40)23(44)15(3)36)4-8(29)12(33)20(41)24(45)16(4)37;1-20-11-13-22-17-9-5-3-7-15(17)19-16-8-4-6-10-18(16)23-14-12-21-2/h;3-10H,11-14H2,1-2H3/q-1;+1. The average molecular weight is 1240 g/mol. The zero-order valence-corrected chi connectivity index (χ0v) is 41.8. The molecule has 0 atom stereocenters. The number of halogens is 21. The van der Waals surface area contributed by atoms with E-state index in [1.165, 1.54) is 7.14 Å². The molecule has 4 nitrogen and oxygen atoms in total. The van der Waals surface area contributed by atoms with E-state index in [1.807, 2.05) is 36.4 Å². The van der Waals surface area contributed by atoms with Crippen molar-refractivity contribution < 1.29 is 92.8 Å². The van der Waals surface area contributed by atoms with Gasteiger partial charge in [-0.3, -0.25) is 0 Å². The number of para-hydroxylation sites is 2. The van der Waals surface area contributed by atoms with Crippen LogP contribution < -0.4 is 52.5 Å². The second-order valence-electron chi connectivity index (χ2n) is 13.4. The van der Waals surface area contributed by atoms with E-state index in [9.17, 15) is 17.6 Å². The summed E-state index contributed by atoms with van der Waals surface area (Å²) >= 11 is 46.3. The third-order valence-electron chi connectivity index (χ3n) is 9.67. The Balaban J connectivity index is 0.000000314. The summed E-state index contributed by atoms with van der Waals surface area (Å²) in [6.07, 6.45) is -5.62. The van der Waals surface area contributed by atoms with Gasteiger partial charge in [0.15, 0.2) is 58.0 Å². The average Bonchev–Trinajstić information content (AvgIpc) is 3.32. The van der Waals surface area contributed by atoms with Crippen molar-refractivity contribution in [3.63, 3.8) is 0 Å². The Morgan fingerprint density at radius 2 is 0.603 bits per heavy atom. The Morgan fingerprint density at radius 3 is 0.853 bits per heavy atom. The minimum Gasteiger partial charge on any atom is -0.486 e. The van der Waals surface area contributed by atoms with E-state index < -0.39 is 159 Å². The fourth-order valence-corrected chi connectivity index (χ4v) is 11.4. The molecule has 0 spiro atoms. The predicted molar refractivity (Wildman–Crippen MR) is 235 cm³/mol. The number of hydrogen-bond donors (Lipinski definition) is 0. The van der Waals surface area contributed by atoms with Gasteiger partial charge in [-0.1, -0.05) is 117 Å². The molecule has 6 aromatic carbocycles. The van der Waals surface area contributed by atoms with Gasteiger partial charge in [0, 0.05) is 34.3 Å². The van der Waals surface area contributed by atoms with Crippen LogP contribution in [-0.2, 0) is 9.47 Å². The summed E-state index contributed by atoms with van der Waals surface area (Å²) < 4.78 is 207.